The molecule has 14 heavy (non-hydrogen) atoms. The third-order valence-corrected chi connectivity index (χ3v) is 2.74. The molecule has 0 radical (unpaired) electrons. The molecule has 0 spiro atoms. The van der Waals surface area contributed by atoms with Crippen molar-refractivity contribution in [1.29, 1.82) is 0 Å². The van der Waals surface area contributed by atoms with E-state index in [1.54, 1.807) is 0 Å². The number of carbonyl (C=O) groups is 2. The van der Waals surface area contributed by atoms with Gasteiger partial charge in [0.15, 0.2) is 0 Å². The van der Waals surface area contributed by atoms with Crippen LogP contribution in [-0.2, 0) is 9.59 Å². The third-order valence-electron chi connectivity index (χ3n) is 2.74. The van der Waals surface area contributed by atoms with Crippen LogP contribution in [0.15, 0.2) is 0 Å². The first kappa shape index (κ1) is 9.61. The fourth-order valence-corrected chi connectivity index (χ4v) is 1.96. The highest BCUT2D eigenvalue weighted by atomic mass is 16.2. The first-order chi connectivity index (χ1) is 6.75. The molecular formula is C9H15N3O2. The summed E-state index contributed by atoms with van der Waals surface area (Å²) in [5, 5.41) is 8.78. The number of hydrogen-bond acceptors (Lipinski definition) is 4. The van der Waals surface area contributed by atoms with Gasteiger partial charge in [0, 0.05) is 6.04 Å². The minimum atomic E-state index is -0.300. The second-order valence-electron chi connectivity index (χ2n) is 3.86. The summed E-state index contributed by atoms with van der Waals surface area (Å²) in [5.41, 5.74) is 0. The maximum atomic E-state index is 11.2. The Bertz CT molecular complexity index is 248. The van der Waals surface area contributed by atoms with Gasteiger partial charge >= 0.3 is 0 Å². The number of amides is 2. The molecule has 0 aliphatic carbocycles. The predicted octanol–water partition coefficient (Wildman–Crippen LogP) is -1.26. The Balaban J connectivity index is 1.84. The van der Waals surface area contributed by atoms with Gasteiger partial charge in [-0.2, -0.15) is 0 Å². The summed E-state index contributed by atoms with van der Waals surface area (Å²) < 4.78 is 0. The Morgan fingerprint density at radius 1 is 1.21 bits per heavy atom. The predicted molar refractivity (Wildman–Crippen MR) is 50.6 cm³/mol. The van der Waals surface area contributed by atoms with Crippen LogP contribution >= 0.6 is 0 Å². The van der Waals surface area contributed by atoms with Crippen LogP contribution in [0, 0.1) is 0 Å². The Morgan fingerprint density at radius 2 is 1.93 bits per heavy atom. The molecule has 2 fully saturated rings. The Kier molecular flexibility index (Phi) is 2.79. The van der Waals surface area contributed by atoms with Gasteiger partial charge in [-0.15, -0.1) is 0 Å². The van der Waals surface area contributed by atoms with Crippen molar-refractivity contribution in [2.45, 2.75) is 31.3 Å². The van der Waals surface area contributed by atoms with E-state index in [4.69, 9.17) is 0 Å². The molecule has 5 nitrogen and oxygen atoms in total. The first-order valence-corrected chi connectivity index (χ1v) is 5.06. The number of piperidine rings is 1. The van der Waals surface area contributed by atoms with Crippen LogP contribution in [-0.4, -0.2) is 37.0 Å². The molecule has 0 bridgehead atoms. The van der Waals surface area contributed by atoms with Crippen molar-refractivity contribution >= 4 is 11.8 Å². The third kappa shape index (κ3) is 2.10. The monoisotopic (exact) mass is 197 g/mol. The van der Waals surface area contributed by atoms with E-state index in [0.29, 0.717) is 12.5 Å². The highest BCUT2D eigenvalue weighted by Gasteiger charge is 2.32. The summed E-state index contributed by atoms with van der Waals surface area (Å²) in [4.78, 5) is 22.2. The van der Waals surface area contributed by atoms with Crippen molar-refractivity contribution in [1.82, 2.24) is 16.0 Å². The number of hydrogen-bond donors (Lipinski definition) is 3. The van der Waals surface area contributed by atoms with Crippen molar-refractivity contribution in [2.24, 2.45) is 0 Å². The van der Waals surface area contributed by atoms with Crippen molar-refractivity contribution in [3.8, 4) is 0 Å². The van der Waals surface area contributed by atoms with Crippen LogP contribution in [0.1, 0.15) is 19.3 Å². The van der Waals surface area contributed by atoms with Crippen LogP contribution in [0.4, 0.5) is 0 Å². The quantitative estimate of drug-likeness (QED) is 0.483. The molecular weight excluding hydrogens is 182 g/mol. The van der Waals surface area contributed by atoms with Gasteiger partial charge in [0.25, 0.3) is 0 Å². The van der Waals surface area contributed by atoms with E-state index in [1.165, 1.54) is 0 Å². The second-order valence-corrected chi connectivity index (χ2v) is 3.86. The van der Waals surface area contributed by atoms with Gasteiger partial charge in [-0.3, -0.25) is 14.9 Å². The lowest BCUT2D eigenvalue weighted by atomic mass is 10.1. The lowest BCUT2D eigenvalue weighted by Crippen LogP contribution is -2.47. The van der Waals surface area contributed by atoms with Crippen LogP contribution in [0.2, 0.25) is 0 Å². The summed E-state index contributed by atoms with van der Waals surface area (Å²) in [7, 11) is 0. The molecule has 3 N–H and O–H groups in total. The van der Waals surface area contributed by atoms with E-state index in [1.807, 2.05) is 0 Å². The van der Waals surface area contributed by atoms with E-state index < -0.39 is 0 Å². The molecule has 1 atom stereocenters. The van der Waals surface area contributed by atoms with Crippen LogP contribution < -0.4 is 16.0 Å². The standard InChI is InChI=1S/C9H15N3O2/c13-8-5-7(9(14)12-8)11-6-1-3-10-4-2-6/h6-7,10-11H,1-5H2,(H,12,13,14). The van der Waals surface area contributed by atoms with Gasteiger partial charge in [-0.1, -0.05) is 0 Å². The summed E-state index contributed by atoms with van der Waals surface area (Å²) >= 11 is 0. The summed E-state index contributed by atoms with van der Waals surface area (Å²) in [6.07, 6.45) is 2.35. The molecule has 78 valence electrons. The maximum absolute atomic E-state index is 11.2. The molecule has 2 heterocycles. The van der Waals surface area contributed by atoms with Gasteiger partial charge in [0.1, 0.15) is 0 Å². The van der Waals surface area contributed by atoms with E-state index >= 15 is 0 Å². The van der Waals surface area contributed by atoms with Gasteiger partial charge in [0.05, 0.1) is 12.5 Å². The highest BCUT2D eigenvalue weighted by molar-refractivity contribution is 6.05. The molecule has 2 saturated heterocycles. The van der Waals surface area contributed by atoms with Gasteiger partial charge in [0.2, 0.25) is 11.8 Å². The van der Waals surface area contributed by atoms with Gasteiger partial charge < -0.3 is 10.6 Å². The molecule has 0 saturated carbocycles. The van der Waals surface area contributed by atoms with Crippen molar-refractivity contribution in [3.05, 3.63) is 0 Å². The fraction of sp³-hybridized carbons (Fsp3) is 0.778. The Labute approximate surface area is 82.6 Å². The summed E-state index contributed by atoms with van der Waals surface area (Å²) in [5.74, 6) is -0.338. The summed E-state index contributed by atoms with van der Waals surface area (Å²) in [6.45, 7) is 1.97. The first-order valence-electron chi connectivity index (χ1n) is 5.06. The molecule has 0 aromatic rings. The van der Waals surface area contributed by atoms with Crippen molar-refractivity contribution < 1.29 is 9.59 Å². The molecule has 2 amide bonds. The fourth-order valence-electron chi connectivity index (χ4n) is 1.96. The maximum Gasteiger partial charge on any atom is 0.244 e. The highest BCUT2D eigenvalue weighted by Crippen LogP contribution is 2.08. The number of carbonyl (C=O) groups excluding carboxylic acids is 2. The zero-order valence-electron chi connectivity index (χ0n) is 8.01. The molecule has 1 unspecified atom stereocenters. The molecule has 2 aliphatic rings. The largest absolute Gasteiger partial charge is 0.317 e. The van der Waals surface area contributed by atoms with Crippen LogP contribution in [0.3, 0.4) is 0 Å². The second kappa shape index (κ2) is 4.06. The lowest BCUT2D eigenvalue weighted by molar-refractivity contribution is -0.125. The van der Waals surface area contributed by atoms with Crippen LogP contribution in [0.25, 0.3) is 0 Å². The molecule has 0 aromatic carbocycles. The molecule has 2 rings (SSSR count). The van der Waals surface area contributed by atoms with Crippen LogP contribution in [0.5, 0.6) is 0 Å². The van der Waals surface area contributed by atoms with E-state index in [-0.39, 0.29) is 17.9 Å². The topological polar surface area (TPSA) is 70.2 Å². The average molecular weight is 197 g/mol. The van der Waals surface area contributed by atoms with E-state index in [2.05, 4.69) is 16.0 Å². The Hall–Kier alpha value is -0.940. The van der Waals surface area contributed by atoms with E-state index in [0.717, 1.165) is 25.9 Å². The molecule has 0 aromatic heterocycles. The summed E-state index contributed by atoms with van der Waals surface area (Å²) in [6, 6.07) is 0.0727. The van der Waals surface area contributed by atoms with Gasteiger partial charge in [-0.25, -0.2) is 0 Å². The smallest absolute Gasteiger partial charge is 0.244 e. The minimum Gasteiger partial charge on any atom is -0.317 e. The van der Waals surface area contributed by atoms with E-state index in [9.17, 15) is 9.59 Å². The zero-order chi connectivity index (χ0) is 9.97. The minimum absolute atomic E-state index is 0.165. The lowest BCUT2D eigenvalue weighted by Gasteiger charge is -2.25. The van der Waals surface area contributed by atoms with Gasteiger partial charge in [-0.05, 0) is 25.9 Å². The number of imide groups is 1. The normalized spacial score (nSPS) is 29.3. The number of nitrogens with one attached hydrogen (secondary N) is 3. The van der Waals surface area contributed by atoms with Crippen molar-refractivity contribution in [3.63, 3.8) is 0 Å². The zero-order valence-corrected chi connectivity index (χ0v) is 8.01. The van der Waals surface area contributed by atoms with Crippen molar-refractivity contribution in [2.75, 3.05) is 13.1 Å². The Morgan fingerprint density at radius 3 is 2.50 bits per heavy atom. The molecule has 5 heteroatoms. The number of rotatable bonds is 2. The SMILES string of the molecule is O=C1CC(NC2CCNCC2)C(=O)N1. The molecule has 2 aliphatic heterocycles. The average Bonchev–Trinajstić information content (AvgIpc) is 2.47.